The zero-order chi connectivity index (χ0) is 21.8. The van der Waals surface area contributed by atoms with Crippen molar-refractivity contribution in [2.24, 2.45) is 7.05 Å². The topological polar surface area (TPSA) is 116 Å². The maximum atomic E-state index is 12.4. The minimum atomic E-state index is -0.357. The third-order valence-corrected chi connectivity index (χ3v) is 5.13. The number of para-hydroxylation sites is 1. The maximum absolute atomic E-state index is 12.4. The number of anilines is 2. The Morgan fingerprint density at radius 1 is 1.19 bits per heavy atom. The highest BCUT2D eigenvalue weighted by atomic mass is 16.5. The maximum Gasteiger partial charge on any atom is 0.273 e. The Morgan fingerprint density at radius 3 is 2.68 bits per heavy atom. The van der Waals surface area contributed by atoms with E-state index in [1.807, 2.05) is 18.2 Å². The minimum Gasteiger partial charge on any atom is -0.494 e. The van der Waals surface area contributed by atoms with Gasteiger partial charge in [-0.15, -0.1) is 10.2 Å². The van der Waals surface area contributed by atoms with Crippen LogP contribution in [0, 0.1) is 0 Å². The molecule has 0 unspecified atom stereocenters. The number of carbonyl (C=O) groups is 1. The molecule has 1 aromatic carbocycles. The van der Waals surface area contributed by atoms with Crippen LogP contribution in [0.25, 0.3) is 11.4 Å². The number of carbonyl (C=O) groups excluding carboxylic acids is 1. The van der Waals surface area contributed by atoms with Crippen LogP contribution in [0.15, 0.2) is 30.6 Å². The van der Waals surface area contributed by atoms with Crippen molar-refractivity contribution in [1.29, 1.82) is 0 Å². The fourth-order valence-electron chi connectivity index (χ4n) is 3.63. The first-order valence-electron chi connectivity index (χ1n) is 10.2. The molecule has 1 saturated carbocycles. The van der Waals surface area contributed by atoms with E-state index in [1.165, 1.54) is 0 Å². The highest BCUT2D eigenvalue weighted by Gasteiger charge is 2.21. The van der Waals surface area contributed by atoms with Crippen molar-refractivity contribution in [3.8, 4) is 23.0 Å². The summed E-state index contributed by atoms with van der Waals surface area (Å²) >= 11 is 0. The Kier molecular flexibility index (Phi) is 5.96. The number of benzene rings is 1. The monoisotopic (exact) mass is 423 g/mol. The first kappa shape index (κ1) is 20.6. The van der Waals surface area contributed by atoms with Gasteiger partial charge in [0, 0.05) is 20.2 Å². The summed E-state index contributed by atoms with van der Waals surface area (Å²) in [4.78, 5) is 16.7. The Morgan fingerprint density at radius 2 is 2.00 bits per heavy atom. The third kappa shape index (κ3) is 4.42. The molecule has 10 heteroatoms. The molecule has 3 aromatic rings. The summed E-state index contributed by atoms with van der Waals surface area (Å²) in [7, 11) is 4.92. The van der Waals surface area contributed by atoms with Gasteiger partial charge in [0.2, 0.25) is 5.88 Å². The van der Waals surface area contributed by atoms with Crippen molar-refractivity contribution in [1.82, 2.24) is 30.3 Å². The Balaban J connectivity index is 1.70. The van der Waals surface area contributed by atoms with Crippen molar-refractivity contribution in [2.45, 2.75) is 31.8 Å². The number of methoxy groups -OCH3 is 1. The first-order chi connectivity index (χ1) is 15.1. The number of ether oxygens (including phenoxy) is 2. The van der Waals surface area contributed by atoms with Crippen LogP contribution in [0.3, 0.4) is 0 Å². The van der Waals surface area contributed by atoms with E-state index in [1.54, 1.807) is 38.3 Å². The number of aromatic nitrogens is 5. The summed E-state index contributed by atoms with van der Waals surface area (Å²) in [6, 6.07) is 7.27. The molecule has 2 heterocycles. The van der Waals surface area contributed by atoms with Gasteiger partial charge < -0.3 is 20.1 Å². The average Bonchev–Trinajstić information content (AvgIpc) is 3.45. The highest BCUT2D eigenvalue weighted by molar-refractivity contribution is 5.98. The molecule has 162 valence electrons. The van der Waals surface area contributed by atoms with E-state index in [9.17, 15) is 4.79 Å². The van der Waals surface area contributed by atoms with Crippen LogP contribution >= 0.6 is 0 Å². The van der Waals surface area contributed by atoms with Gasteiger partial charge in [-0.1, -0.05) is 6.07 Å². The molecule has 0 bridgehead atoms. The van der Waals surface area contributed by atoms with Crippen LogP contribution in [-0.4, -0.2) is 51.1 Å². The molecule has 4 rings (SSSR count). The normalized spacial score (nSPS) is 13.8. The number of hydrogen-bond donors (Lipinski definition) is 2. The lowest BCUT2D eigenvalue weighted by atomic mass is 10.1. The Labute approximate surface area is 180 Å². The molecule has 2 N–H and O–H groups in total. The van der Waals surface area contributed by atoms with Gasteiger partial charge >= 0.3 is 0 Å². The Bertz CT molecular complexity index is 1080. The number of nitrogens with one attached hydrogen (secondary N) is 2. The SMILES string of the molecule is CNC(=O)c1nnc(OC2CCCC2)cc1Nc1cccc(-c2ncn(C)n2)c1OC. The summed E-state index contributed by atoms with van der Waals surface area (Å²) in [6.45, 7) is 0. The first-order valence-corrected chi connectivity index (χ1v) is 10.2. The van der Waals surface area contributed by atoms with E-state index < -0.39 is 0 Å². The van der Waals surface area contributed by atoms with Gasteiger partial charge in [-0.25, -0.2) is 4.98 Å². The predicted octanol–water partition coefficient (Wildman–Crippen LogP) is 2.71. The van der Waals surface area contributed by atoms with Gasteiger partial charge in [0.15, 0.2) is 17.3 Å². The molecular formula is C21H25N7O3. The second-order valence-electron chi connectivity index (χ2n) is 7.30. The standard InChI is InChI=1S/C21H25N7O3/c1-22-21(29)18-16(11-17(25-26-18)31-13-7-4-5-8-13)24-15-10-6-9-14(19(15)30-3)20-23-12-28(2)27-20/h6,9-13H,4-5,7-8H2,1-3H3,(H,22,29)(H,24,25). The minimum absolute atomic E-state index is 0.126. The van der Waals surface area contributed by atoms with E-state index in [0.29, 0.717) is 28.8 Å². The molecule has 0 saturated heterocycles. The fourth-order valence-corrected chi connectivity index (χ4v) is 3.63. The molecule has 1 amide bonds. The summed E-state index contributed by atoms with van der Waals surface area (Å²) < 4.78 is 13.3. The summed E-state index contributed by atoms with van der Waals surface area (Å²) in [5.41, 5.74) is 1.98. The number of rotatable bonds is 7. The van der Waals surface area contributed by atoms with Crippen molar-refractivity contribution < 1.29 is 14.3 Å². The van der Waals surface area contributed by atoms with Crippen LogP contribution in [-0.2, 0) is 7.05 Å². The molecule has 0 aliphatic heterocycles. The molecule has 0 spiro atoms. The molecule has 1 aliphatic rings. The van der Waals surface area contributed by atoms with Crippen molar-refractivity contribution in [3.05, 3.63) is 36.3 Å². The van der Waals surface area contributed by atoms with Crippen LogP contribution in [0.2, 0.25) is 0 Å². The molecule has 2 aromatic heterocycles. The van der Waals surface area contributed by atoms with Gasteiger partial charge in [0.1, 0.15) is 12.4 Å². The van der Waals surface area contributed by atoms with E-state index in [2.05, 4.69) is 30.9 Å². The van der Waals surface area contributed by atoms with E-state index >= 15 is 0 Å². The number of amides is 1. The smallest absolute Gasteiger partial charge is 0.273 e. The van der Waals surface area contributed by atoms with Crippen LogP contribution in [0.1, 0.15) is 36.2 Å². The van der Waals surface area contributed by atoms with Gasteiger partial charge in [-0.05, 0) is 37.8 Å². The lowest BCUT2D eigenvalue weighted by molar-refractivity contribution is 0.0957. The van der Waals surface area contributed by atoms with E-state index in [4.69, 9.17) is 9.47 Å². The highest BCUT2D eigenvalue weighted by Crippen LogP contribution is 2.37. The van der Waals surface area contributed by atoms with Gasteiger partial charge in [-0.2, -0.15) is 5.10 Å². The van der Waals surface area contributed by atoms with Crippen molar-refractivity contribution in [3.63, 3.8) is 0 Å². The van der Waals surface area contributed by atoms with Crippen LogP contribution in [0.4, 0.5) is 11.4 Å². The van der Waals surface area contributed by atoms with E-state index in [0.717, 1.165) is 31.2 Å². The molecule has 0 radical (unpaired) electrons. The zero-order valence-corrected chi connectivity index (χ0v) is 17.8. The van der Waals surface area contributed by atoms with Crippen LogP contribution < -0.4 is 20.1 Å². The predicted molar refractivity (Wildman–Crippen MR) is 115 cm³/mol. The largest absolute Gasteiger partial charge is 0.494 e. The summed E-state index contributed by atoms with van der Waals surface area (Å²) in [5, 5.41) is 18.4. The number of nitrogens with zero attached hydrogens (tertiary/aromatic N) is 5. The summed E-state index contributed by atoms with van der Waals surface area (Å²) in [5.74, 6) is 1.10. The zero-order valence-electron chi connectivity index (χ0n) is 17.8. The molecule has 1 fully saturated rings. The lowest BCUT2D eigenvalue weighted by Gasteiger charge is -2.17. The molecule has 0 atom stereocenters. The van der Waals surface area contributed by atoms with Gasteiger partial charge in [0.25, 0.3) is 5.91 Å². The van der Waals surface area contributed by atoms with E-state index in [-0.39, 0.29) is 17.7 Å². The molecule has 31 heavy (non-hydrogen) atoms. The van der Waals surface area contributed by atoms with Crippen molar-refractivity contribution >= 4 is 17.3 Å². The molecular weight excluding hydrogens is 398 g/mol. The molecule has 10 nitrogen and oxygen atoms in total. The molecule has 1 aliphatic carbocycles. The quantitative estimate of drug-likeness (QED) is 0.596. The summed E-state index contributed by atoms with van der Waals surface area (Å²) in [6.07, 6.45) is 6.03. The third-order valence-electron chi connectivity index (χ3n) is 5.13. The number of hydrogen-bond acceptors (Lipinski definition) is 8. The Hall–Kier alpha value is -3.69. The van der Waals surface area contributed by atoms with Gasteiger partial charge in [-0.3, -0.25) is 9.48 Å². The van der Waals surface area contributed by atoms with Crippen molar-refractivity contribution in [2.75, 3.05) is 19.5 Å². The second kappa shape index (κ2) is 8.99. The lowest BCUT2D eigenvalue weighted by Crippen LogP contribution is -2.22. The fraction of sp³-hybridized carbons (Fsp3) is 0.381. The average molecular weight is 423 g/mol. The second-order valence-corrected chi connectivity index (χ2v) is 7.30. The van der Waals surface area contributed by atoms with Gasteiger partial charge in [0.05, 0.1) is 24.0 Å². The number of aryl methyl sites for hydroxylation is 1. The van der Waals surface area contributed by atoms with Crippen LogP contribution in [0.5, 0.6) is 11.6 Å².